The second-order valence-electron chi connectivity index (χ2n) is 9.14. The summed E-state index contributed by atoms with van der Waals surface area (Å²) in [4.78, 5) is 0. The Morgan fingerprint density at radius 3 is 2.03 bits per heavy atom. The van der Waals surface area contributed by atoms with Gasteiger partial charge in [-0.05, 0) is 42.0 Å². The normalized spacial score (nSPS) is 13.0. The number of hydrogen-bond donors (Lipinski definition) is 3. The zero-order valence-corrected chi connectivity index (χ0v) is 24.0. The monoisotopic (exact) mass is 584 g/mol. The molecule has 11 heteroatoms. The minimum atomic E-state index is -3.57. The number of sulfonamides is 1. The maximum atomic E-state index is 11.7. The Morgan fingerprint density at radius 1 is 0.923 bits per heavy atom. The van der Waals surface area contributed by atoms with Crippen LogP contribution in [0, 0.1) is 0 Å². The van der Waals surface area contributed by atoms with Crippen molar-refractivity contribution in [3.8, 4) is 17.2 Å². The number of aromatic hydroxyl groups is 1. The molecular weight excluding hydrogens is 557 g/mol. The smallest absolute Gasteiger partial charge is 0.312 e. The van der Waals surface area contributed by atoms with E-state index in [1.54, 1.807) is 48.8 Å². The number of fused-ring (bicyclic) bond motifs is 2. The highest BCUT2D eigenvalue weighted by atomic mass is 32.2. The predicted octanol–water partition coefficient (Wildman–Crippen LogP) is 6.13. The summed E-state index contributed by atoms with van der Waals surface area (Å²) in [6.07, 6.45) is 0.758. The zero-order valence-electron chi connectivity index (χ0n) is 21.5. The molecular formula is C28H28N2O6S3. The summed E-state index contributed by atoms with van der Waals surface area (Å²) in [7, 11) is -2.00. The summed E-state index contributed by atoms with van der Waals surface area (Å²) in [6.45, 7) is 1.80. The van der Waals surface area contributed by atoms with Crippen LogP contribution in [0.2, 0.25) is 0 Å². The molecule has 0 bridgehead atoms. The molecule has 39 heavy (non-hydrogen) atoms. The van der Waals surface area contributed by atoms with E-state index < -0.39 is 22.2 Å². The Balaban J connectivity index is 1.45. The molecule has 0 saturated heterocycles. The lowest BCUT2D eigenvalue weighted by molar-refractivity contribution is -0.154. The third-order valence-corrected chi connectivity index (χ3v) is 8.46. The fourth-order valence-corrected chi connectivity index (χ4v) is 6.54. The maximum Gasteiger partial charge on any atom is 0.312 e. The van der Waals surface area contributed by atoms with E-state index >= 15 is 0 Å². The van der Waals surface area contributed by atoms with E-state index in [0.717, 1.165) is 32.0 Å². The Labute approximate surface area is 234 Å². The Morgan fingerprint density at radius 2 is 1.49 bits per heavy atom. The lowest BCUT2D eigenvalue weighted by atomic mass is 10.1. The summed E-state index contributed by atoms with van der Waals surface area (Å²) in [5, 5.41) is 19.3. The first-order chi connectivity index (χ1) is 18.6. The predicted molar refractivity (Wildman–Crippen MR) is 158 cm³/mol. The molecule has 0 aliphatic rings. The van der Waals surface area contributed by atoms with Crippen molar-refractivity contribution in [2.24, 2.45) is 0 Å². The summed E-state index contributed by atoms with van der Waals surface area (Å²) in [5.41, 5.74) is 0.817. The first-order valence-electron chi connectivity index (χ1n) is 12.0. The number of anilines is 1. The number of nitrogens with one attached hydrogen (secondary N) is 2. The minimum Gasteiger partial charge on any atom is -0.506 e. The van der Waals surface area contributed by atoms with Gasteiger partial charge in [0.05, 0.1) is 11.9 Å². The van der Waals surface area contributed by atoms with Gasteiger partial charge in [-0.15, -0.1) is 22.7 Å². The first kappa shape index (κ1) is 27.2. The second kappa shape index (κ2) is 11.0. The van der Waals surface area contributed by atoms with Crippen LogP contribution in [0.4, 0.5) is 5.69 Å². The van der Waals surface area contributed by atoms with Gasteiger partial charge in [-0.3, -0.25) is 4.72 Å². The van der Waals surface area contributed by atoms with Crippen LogP contribution in [-0.4, -0.2) is 39.0 Å². The van der Waals surface area contributed by atoms with E-state index in [0.29, 0.717) is 17.9 Å². The molecule has 204 valence electrons. The van der Waals surface area contributed by atoms with Crippen LogP contribution >= 0.6 is 22.7 Å². The molecule has 8 nitrogen and oxygen atoms in total. The maximum absolute atomic E-state index is 11.7. The molecule has 2 aromatic heterocycles. The number of benzene rings is 3. The number of hydrogen-bond acceptors (Lipinski definition) is 9. The molecule has 0 amide bonds. The molecule has 1 atom stereocenters. The molecule has 5 rings (SSSR count). The number of thiophene rings is 2. The van der Waals surface area contributed by atoms with Crippen molar-refractivity contribution in [3.05, 3.63) is 83.1 Å². The van der Waals surface area contributed by atoms with Gasteiger partial charge < -0.3 is 19.3 Å². The molecule has 3 aromatic carbocycles. The molecule has 5 aromatic rings. The van der Waals surface area contributed by atoms with Crippen molar-refractivity contribution in [3.63, 3.8) is 0 Å². The van der Waals surface area contributed by atoms with Gasteiger partial charge in [0.1, 0.15) is 23.5 Å². The van der Waals surface area contributed by atoms with Crippen molar-refractivity contribution in [1.29, 1.82) is 0 Å². The van der Waals surface area contributed by atoms with Crippen molar-refractivity contribution < 1.29 is 27.7 Å². The number of phenols is 1. The number of phenolic OH excluding ortho intramolecular Hbond substituents is 1. The van der Waals surface area contributed by atoms with Crippen LogP contribution in [0.3, 0.4) is 0 Å². The number of ether oxygens (including phenoxy) is 3. The van der Waals surface area contributed by atoms with Crippen LogP contribution in [0.15, 0.2) is 77.5 Å². The molecule has 0 fully saturated rings. The summed E-state index contributed by atoms with van der Waals surface area (Å²) >= 11 is 3.17. The van der Waals surface area contributed by atoms with Crippen LogP contribution in [0.5, 0.6) is 17.2 Å². The van der Waals surface area contributed by atoms with Crippen molar-refractivity contribution in [2.45, 2.75) is 25.5 Å². The van der Waals surface area contributed by atoms with Gasteiger partial charge in [-0.25, -0.2) is 13.7 Å². The van der Waals surface area contributed by atoms with Gasteiger partial charge in [-0.2, -0.15) is 0 Å². The quantitative estimate of drug-likeness (QED) is 0.127. The van der Waals surface area contributed by atoms with Gasteiger partial charge in [0.15, 0.2) is 0 Å². The summed E-state index contributed by atoms with van der Waals surface area (Å²) in [6, 6.07) is 20.7. The summed E-state index contributed by atoms with van der Waals surface area (Å²) in [5.74, 6) is -0.177. The highest BCUT2D eigenvalue weighted by Crippen LogP contribution is 2.37. The van der Waals surface area contributed by atoms with Gasteiger partial charge in [0, 0.05) is 51.4 Å². The molecule has 0 radical (unpaired) electrons. The van der Waals surface area contributed by atoms with Crippen molar-refractivity contribution >= 4 is 58.6 Å². The standard InChI is InChI=1S/C28H28N2O6S3/c1-28(35-23-16-37-25-10-6-4-8-19(23)25,36-24-17-38-26-11-7-5-9-20(24)26)29-27(34-2)15-18-12-13-22(31)21(14-18)30-39(3,32)33/h4-14,16-17,27,29-31H,15H2,1-3H3. The van der Waals surface area contributed by atoms with E-state index in [-0.39, 0.29) is 11.4 Å². The molecule has 1 unspecified atom stereocenters. The first-order valence-corrected chi connectivity index (χ1v) is 15.7. The minimum absolute atomic E-state index is 0.0922. The average Bonchev–Trinajstić information content (AvgIpc) is 3.49. The second-order valence-corrected chi connectivity index (χ2v) is 12.7. The Kier molecular flexibility index (Phi) is 7.70. The molecule has 2 heterocycles. The highest BCUT2D eigenvalue weighted by Gasteiger charge is 2.34. The van der Waals surface area contributed by atoms with Crippen LogP contribution in [0.25, 0.3) is 20.2 Å². The van der Waals surface area contributed by atoms with E-state index in [2.05, 4.69) is 10.0 Å². The molecule has 3 N–H and O–H groups in total. The van der Waals surface area contributed by atoms with Gasteiger partial charge in [-0.1, -0.05) is 30.3 Å². The molecule has 0 saturated carbocycles. The van der Waals surface area contributed by atoms with E-state index in [9.17, 15) is 13.5 Å². The number of rotatable bonds is 11. The van der Waals surface area contributed by atoms with Crippen molar-refractivity contribution in [2.75, 3.05) is 18.1 Å². The molecule has 0 aliphatic heterocycles. The fraction of sp³-hybridized carbons (Fsp3) is 0.214. The Hall–Kier alpha value is -3.35. The summed E-state index contributed by atoms with van der Waals surface area (Å²) < 4.78 is 46.8. The Bertz CT molecular complexity index is 1640. The molecule has 0 aliphatic carbocycles. The topological polar surface area (TPSA) is 106 Å². The SMILES string of the molecule is COC(Cc1ccc(O)c(NS(C)(=O)=O)c1)NC(C)(Oc1csc2ccccc12)Oc1csc2ccccc12. The number of methoxy groups -OCH3 is 1. The van der Waals surface area contributed by atoms with Gasteiger partial charge >= 0.3 is 5.91 Å². The fourth-order valence-electron chi connectivity index (χ4n) is 4.26. The van der Waals surface area contributed by atoms with Gasteiger partial charge in [0.2, 0.25) is 10.0 Å². The van der Waals surface area contributed by atoms with Gasteiger partial charge in [0.25, 0.3) is 0 Å². The van der Waals surface area contributed by atoms with E-state index in [4.69, 9.17) is 14.2 Å². The highest BCUT2D eigenvalue weighted by molar-refractivity contribution is 7.92. The van der Waals surface area contributed by atoms with E-state index in [1.165, 1.54) is 6.07 Å². The van der Waals surface area contributed by atoms with Crippen LogP contribution in [0.1, 0.15) is 12.5 Å². The lowest BCUT2D eigenvalue weighted by Crippen LogP contribution is -2.57. The van der Waals surface area contributed by atoms with Crippen LogP contribution < -0.4 is 19.5 Å². The van der Waals surface area contributed by atoms with Crippen molar-refractivity contribution in [1.82, 2.24) is 5.32 Å². The average molecular weight is 585 g/mol. The zero-order chi connectivity index (χ0) is 27.6. The largest absolute Gasteiger partial charge is 0.506 e. The third kappa shape index (κ3) is 6.45. The lowest BCUT2D eigenvalue weighted by Gasteiger charge is -2.34. The molecule has 0 spiro atoms. The third-order valence-electron chi connectivity index (χ3n) is 5.99. The van der Waals surface area contributed by atoms with E-state index in [1.807, 2.05) is 59.3 Å². The van der Waals surface area contributed by atoms with Crippen LogP contribution in [-0.2, 0) is 21.2 Å².